The minimum absolute atomic E-state index is 0.0981. The van der Waals surface area contributed by atoms with Crippen LogP contribution in [0.1, 0.15) is 79.3 Å². The second kappa shape index (κ2) is 14.1. The van der Waals surface area contributed by atoms with E-state index in [0.717, 1.165) is 12.8 Å². The number of hydrogen-bond donors (Lipinski definition) is 0. The summed E-state index contributed by atoms with van der Waals surface area (Å²) >= 11 is 0. The van der Waals surface area contributed by atoms with Gasteiger partial charge in [-0.15, -0.1) is 0 Å². The van der Waals surface area contributed by atoms with Crippen LogP contribution in [0.25, 0.3) is 21.9 Å². The number of rotatable bonds is 6. The van der Waals surface area contributed by atoms with Crippen molar-refractivity contribution >= 4 is 44.9 Å². The highest BCUT2D eigenvalue weighted by molar-refractivity contribution is 6.00. The SMILES string of the molecule is CC1(C)c2ccccc2-c2ccc(N(c3ccccc3)c3cccc4c3C35c6c(cccc6N(c6ccccc6)c6cccc7ccccc67)CC3CCCCCC5C4)cc21. The Morgan fingerprint density at radius 2 is 0.967 bits per heavy atom. The normalized spacial score (nSPS) is 20.4. The molecule has 0 amide bonds. The van der Waals surface area contributed by atoms with E-state index in [9.17, 15) is 0 Å². The molecule has 2 nitrogen and oxygen atoms in total. The molecule has 4 aliphatic carbocycles. The third-order valence-electron chi connectivity index (χ3n) is 15.3. The van der Waals surface area contributed by atoms with Crippen LogP contribution in [0, 0.1) is 11.8 Å². The van der Waals surface area contributed by atoms with Crippen LogP contribution in [0.2, 0.25) is 0 Å². The first-order chi connectivity index (χ1) is 30.0. The lowest BCUT2D eigenvalue weighted by Crippen LogP contribution is -2.40. The molecular formula is C59H52N2. The Morgan fingerprint density at radius 3 is 1.67 bits per heavy atom. The fraction of sp³-hybridized carbons (Fsp3) is 0.220. The largest absolute Gasteiger partial charge is 0.310 e. The van der Waals surface area contributed by atoms with Crippen LogP contribution in [-0.4, -0.2) is 0 Å². The minimum atomic E-state index is -0.158. The summed E-state index contributed by atoms with van der Waals surface area (Å²) in [5.41, 5.74) is 19.0. The number of hydrogen-bond acceptors (Lipinski definition) is 2. The van der Waals surface area contributed by atoms with Gasteiger partial charge in [-0.2, -0.15) is 0 Å². The molecule has 0 bridgehead atoms. The summed E-state index contributed by atoms with van der Waals surface area (Å²) in [6.45, 7) is 4.81. The van der Waals surface area contributed by atoms with Crippen molar-refractivity contribution in [2.75, 3.05) is 9.80 Å². The summed E-state index contributed by atoms with van der Waals surface area (Å²) in [6.07, 6.45) is 8.61. The van der Waals surface area contributed by atoms with Crippen molar-refractivity contribution in [2.45, 2.75) is 69.6 Å². The average molecular weight is 789 g/mol. The predicted octanol–water partition coefficient (Wildman–Crippen LogP) is 15.7. The van der Waals surface area contributed by atoms with E-state index in [2.05, 4.69) is 206 Å². The first kappa shape index (κ1) is 36.5. The molecule has 1 saturated carbocycles. The highest BCUT2D eigenvalue weighted by Crippen LogP contribution is 2.66. The van der Waals surface area contributed by atoms with Crippen LogP contribution < -0.4 is 9.80 Å². The Morgan fingerprint density at radius 1 is 0.426 bits per heavy atom. The molecule has 0 saturated heterocycles. The molecule has 3 unspecified atom stereocenters. The number of benzene rings is 8. The van der Waals surface area contributed by atoms with Crippen LogP contribution in [0.5, 0.6) is 0 Å². The predicted molar refractivity (Wildman–Crippen MR) is 256 cm³/mol. The summed E-state index contributed by atoms with van der Waals surface area (Å²) in [5, 5.41) is 2.54. The van der Waals surface area contributed by atoms with E-state index < -0.39 is 0 Å². The van der Waals surface area contributed by atoms with Gasteiger partial charge in [-0.3, -0.25) is 0 Å². The van der Waals surface area contributed by atoms with Gasteiger partial charge in [-0.25, -0.2) is 0 Å². The van der Waals surface area contributed by atoms with E-state index in [0.29, 0.717) is 11.8 Å². The Bertz CT molecular complexity index is 2950. The summed E-state index contributed by atoms with van der Waals surface area (Å²) < 4.78 is 0. The zero-order valence-electron chi connectivity index (χ0n) is 35.3. The zero-order chi connectivity index (χ0) is 40.7. The standard InChI is InChI=1S/C59H52N2/c1-58(2)51-31-15-14-30-49(51)50-36-35-47(39-52(50)58)60(45-25-8-4-9-26-45)54-33-17-21-41-37-43-23-6-3-7-24-44-38-42-22-18-34-55(57(42)59(43,44)56(41)54)61(46-27-10-5-11-28-46)53-32-16-20-40-19-12-13-29-48(40)53/h4-5,8-22,25-36,39,43-44H,3,6-7,23-24,37-38H2,1-2H3. The molecule has 61 heavy (non-hydrogen) atoms. The van der Waals surface area contributed by atoms with Crippen molar-refractivity contribution in [1.82, 2.24) is 0 Å². The Kier molecular flexibility index (Phi) is 8.43. The van der Waals surface area contributed by atoms with Gasteiger partial charge in [-0.05, 0) is 142 Å². The molecule has 0 N–H and O–H groups in total. The highest BCUT2D eigenvalue weighted by atomic mass is 15.2. The van der Waals surface area contributed by atoms with Gasteiger partial charge in [0, 0.05) is 33.3 Å². The number of para-hydroxylation sites is 2. The average Bonchev–Trinajstić information content (AvgIpc) is 3.88. The number of nitrogens with zero attached hydrogens (tertiary/aromatic N) is 2. The first-order valence-electron chi connectivity index (χ1n) is 22.7. The van der Waals surface area contributed by atoms with Gasteiger partial charge < -0.3 is 9.80 Å². The van der Waals surface area contributed by atoms with Crippen LogP contribution in [0.15, 0.2) is 182 Å². The first-order valence-corrected chi connectivity index (χ1v) is 22.7. The lowest BCUT2D eigenvalue weighted by atomic mass is 9.60. The fourth-order valence-corrected chi connectivity index (χ4v) is 12.8. The van der Waals surface area contributed by atoms with Crippen molar-refractivity contribution < 1.29 is 0 Å². The Hall–Kier alpha value is -6.38. The van der Waals surface area contributed by atoms with Crippen LogP contribution >= 0.6 is 0 Å². The molecule has 0 radical (unpaired) electrons. The van der Waals surface area contributed by atoms with E-state index in [1.165, 1.54) is 110 Å². The van der Waals surface area contributed by atoms with E-state index >= 15 is 0 Å². The lowest BCUT2D eigenvalue weighted by molar-refractivity contribution is 0.205. The minimum Gasteiger partial charge on any atom is -0.310 e. The summed E-state index contributed by atoms with van der Waals surface area (Å²) in [7, 11) is 0. The number of fused-ring (bicyclic) bond motifs is 6. The van der Waals surface area contributed by atoms with Gasteiger partial charge in [0.05, 0.1) is 17.1 Å². The molecule has 2 heteroatoms. The summed E-state index contributed by atoms with van der Waals surface area (Å²) in [4.78, 5) is 5.25. The van der Waals surface area contributed by atoms with Crippen molar-refractivity contribution in [1.29, 1.82) is 0 Å². The van der Waals surface area contributed by atoms with Crippen molar-refractivity contribution in [3.05, 3.63) is 215 Å². The molecule has 1 spiro atoms. The molecule has 8 aromatic rings. The molecule has 0 aromatic heterocycles. The third-order valence-corrected chi connectivity index (χ3v) is 15.3. The fourth-order valence-electron chi connectivity index (χ4n) is 12.8. The third kappa shape index (κ3) is 5.40. The zero-order valence-corrected chi connectivity index (χ0v) is 35.3. The topological polar surface area (TPSA) is 6.48 Å². The van der Waals surface area contributed by atoms with Gasteiger partial charge >= 0.3 is 0 Å². The van der Waals surface area contributed by atoms with Crippen molar-refractivity contribution in [2.24, 2.45) is 11.8 Å². The summed E-state index contributed by atoms with van der Waals surface area (Å²) in [5.74, 6) is 1.01. The molecule has 4 aliphatic rings. The quantitative estimate of drug-likeness (QED) is 0.166. The Balaban J connectivity index is 1.13. The molecule has 0 aliphatic heterocycles. The molecule has 12 rings (SSSR count). The molecule has 8 aromatic carbocycles. The second-order valence-corrected chi connectivity index (χ2v) is 18.7. The van der Waals surface area contributed by atoms with Gasteiger partial charge in [0.15, 0.2) is 0 Å². The van der Waals surface area contributed by atoms with Crippen LogP contribution in [-0.2, 0) is 23.7 Å². The maximum absolute atomic E-state index is 2.63. The van der Waals surface area contributed by atoms with E-state index in [4.69, 9.17) is 0 Å². The van der Waals surface area contributed by atoms with Crippen molar-refractivity contribution in [3.8, 4) is 11.1 Å². The van der Waals surface area contributed by atoms with Gasteiger partial charge in [0.1, 0.15) is 0 Å². The molecule has 298 valence electrons. The van der Waals surface area contributed by atoms with E-state index in [1.54, 1.807) is 11.1 Å². The van der Waals surface area contributed by atoms with Gasteiger partial charge in [0.2, 0.25) is 0 Å². The summed E-state index contributed by atoms with van der Waals surface area (Å²) in [6, 6.07) is 69.1. The van der Waals surface area contributed by atoms with Crippen LogP contribution in [0.4, 0.5) is 34.1 Å². The molecule has 1 fully saturated rings. The lowest BCUT2D eigenvalue weighted by Gasteiger charge is -2.45. The smallest absolute Gasteiger partial charge is 0.0540 e. The van der Waals surface area contributed by atoms with Crippen molar-refractivity contribution in [3.63, 3.8) is 0 Å². The van der Waals surface area contributed by atoms with Crippen LogP contribution in [0.3, 0.4) is 0 Å². The van der Waals surface area contributed by atoms with Gasteiger partial charge in [-0.1, -0.05) is 161 Å². The van der Waals surface area contributed by atoms with E-state index in [1.807, 2.05) is 0 Å². The Labute approximate surface area is 361 Å². The maximum Gasteiger partial charge on any atom is 0.0540 e. The second-order valence-electron chi connectivity index (χ2n) is 18.7. The monoisotopic (exact) mass is 788 g/mol. The number of anilines is 6. The molecule has 3 atom stereocenters. The maximum atomic E-state index is 2.63. The highest BCUT2D eigenvalue weighted by Gasteiger charge is 2.59. The van der Waals surface area contributed by atoms with Gasteiger partial charge in [0.25, 0.3) is 0 Å². The van der Waals surface area contributed by atoms with E-state index in [-0.39, 0.29) is 10.8 Å². The molecule has 0 heterocycles. The molecular weight excluding hydrogens is 737 g/mol.